The van der Waals surface area contributed by atoms with Gasteiger partial charge in [0.25, 0.3) is 0 Å². The van der Waals surface area contributed by atoms with Crippen molar-refractivity contribution in [3.8, 4) is 11.5 Å². The van der Waals surface area contributed by atoms with Crippen molar-refractivity contribution >= 4 is 5.97 Å². The Kier molecular flexibility index (Phi) is 5.29. The first kappa shape index (κ1) is 16.6. The van der Waals surface area contributed by atoms with Crippen LogP contribution in [0.15, 0.2) is 18.2 Å². The summed E-state index contributed by atoms with van der Waals surface area (Å²) in [7, 11) is 1.49. The number of carbonyl (C=O) groups is 1. The molecule has 0 aliphatic carbocycles. The Morgan fingerprint density at radius 1 is 1.36 bits per heavy atom. The van der Waals surface area contributed by atoms with E-state index in [-0.39, 0.29) is 18.1 Å². The molecule has 0 atom stereocenters. The lowest BCUT2D eigenvalue weighted by atomic mass is 9.83. The number of phenolic OH excluding ortho intramolecular Hbond substituents is 1. The first-order valence-corrected chi connectivity index (χ1v) is 7.82. The average molecular weight is 308 g/mol. The van der Waals surface area contributed by atoms with Crippen LogP contribution in [0.2, 0.25) is 0 Å². The second-order valence-electron chi connectivity index (χ2n) is 6.40. The monoisotopic (exact) mass is 308 g/mol. The molecule has 0 aromatic heterocycles. The molecule has 0 saturated carbocycles. The van der Waals surface area contributed by atoms with Crippen molar-refractivity contribution in [2.45, 2.75) is 38.7 Å². The third-order valence-corrected chi connectivity index (χ3v) is 4.39. The quantitative estimate of drug-likeness (QED) is 0.803. The minimum absolute atomic E-state index is 0.0369. The zero-order valence-electron chi connectivity index (χ0n) is 13.6. The average Bonchev–Trinajstić information content (AvgIpc) is 2.47. The smallest absolute Gasteiger partial charge is 0.310 e. The zero-order valence-corrected chi connectivity index (χ0v) is 13.6. The van der Waals surface area contributed by atoms with E-state index in [2.05, 4.69) is 5.32 Å². The lowest BCUT2D eigenvalue weighted by molar-refractivity contribution is -0.665. The van der Waals surface area contributed by atoms with E-state index in [0.717, 1.165) is 31.5 Å². The molecule has 1 saturated heterocycles. The predicted octanol–water partition coefficient (Wildman–Crippen LogP) is 1.24. The lowest BCUT2D eigenvalue weighted by Gasteiger charge is -2.35. The molecule has 22 heavy (non-hydrogen) atoms. The van der Waals surface area contributed by atoms with Gasteiger partial charge in [-0.05, 0) is 31.5 Å². The number of ether oxygens (including phenoxy) is 2. The van der Waals surface area contributed by atoms with Crippen molar-refractivity contribution < 1.29 is 24.7 Å². The molecule has 1 heterocycles. The van der Waals surface area contributed by atoms with Crippen LogP contribution in [0.25, 0.3) is 0 Å². The van der Waals surface area contributed by atoms with Crippen molar-refractivity contribution in [2.24, 2.45) is 5.92 Å². The molecule has 0 spiro atoms. The number of hydrogen-bond acceptors (Lipinski definition) is 4. The number of quaternary nitrogens is 1. The van der Waals surface area contributed by atoms with Crippen LogP contribution in [0.3, 0.4) is 0 Å². The summed E-state index contributed by atoms with van der Waals surface area (Å²) in [6, 6.07) is 4.96. The van der Waals surface area contributed by atoms with Crippen molar-refractivity contribution in [1.82, 2.24) is 0 Å². The normalized spacial score (nSPS) is 16.3. The molecule has 122 valence electrons. The van der Waals surface area contributed by atoms with Crippen molar-refractivity contribution in [2.75, 3.05) is 20.2 Å². The van der Waals surface area contributed by atoms with E-state index in [4.69, 9.17) is 9.47 Å². The highest BCUT2D eigenvalue weighted by atomic mass is 16.6. The van der Waals surface area contributed by atoms with Gasteiger partial charge in [-0.3, -0.25) is 4.79 Å². The number of aromatic hydroxyl groups is 1. The molecule has 1 aromatic rings. The number of phenols is 1. The fourth-order valence-corrected chi connectivity index (χ4v) is 3.05. The second-order valence-corrected chi connectivity index (χ2v) is 6.40. The van der Waals surface area contributed by atoms with Crippen LogP contribution in [0.4, 0.5) is 0 Å². The van der Waals surface area contributed by atoms with Gasteiger partial charge >= 0.3 is 5.97 Å². The molecular weight excluding hydrogens is 282 g/mol. The van der Waals surface area contributed by atoms with Crippen molar-refractivity contribution in [3.05, 3.63) is 23.8 Å². The second kappa shape index (κ2) is 7.01. The molecule has 1 aromatic carbocycles. The van der Waals surface area contributed by atoms with Gasteiger partial charge in [0.05, 0.1) is 26.6 Å². The Labute approximate surface area is 131 Å². The van der Waals surface area contributed by atoms with Crippen molar-refractivity contribution in [1.29, 1.82) is 0 Å². The van der Waals surface area contributed by atoms with Crippen LogP contribution in [0.1, 0.15) is 32.3 Å². The number of esters is 1. The van der Waals surface area contributed by atoms with Crippen LogP contribution in [0, 0.1) is 5.92 Å². The van der Waals surface area contributed by atoms with Crippen molar-refractivity contribution in [3.63, 3.8) is 0 Å². The van der Waals surface area contributed by atoms with Crippen LogP contribution < -0.4 is 10.1 Å². The van der Waals surface area contributed by atoms with E-state index in [1.807, 2.05) is 13.8 Å². The predicted molar refractivity (Wildman–Crippen MR) is 82.9 cm³/mol. The number of carbonyl (C=O) groups excluding carboxylic acids is 1. The van der Waals surface area contributed by atoms with Crippen LogP contribution in [-0.4, -0.2) is 36.9 Å². The molecule has 5 nitrogen and oxygen atoms in total. The number of benzene rings is 1. The SMILES string of the molecule is COc1ccc(CC(=O)OC(C)(C)C2CC[NH2+]CC2)cc1O. The number of nitrogens with two attached hydrogens (primary N) is 1. The van der Waals surface area contributed by atoms with Gasteiger partial charge < -0.3 is 19.9 Å². The summed E-state index contributed by atoms with van der Waals surface area (Å²) in [6.07, 6.45) is 2.30. The minimum Gasteiger partial charge on any atom is -0.504 e. The van der Waals surface area contributed by atoms with Gasteiger partial charge in [0.1, 0.15) is 5.60 Å². The maximum atomic E-state index is 12.2. The van der Waals surface area contributed by atoms with Gasteiger partial charge in [-0.15, -0.1) is 0 Å². The van der Waals surface area contributed by atoms with E-state index in [1.54, 1.807) is 18.2 Å². The van der Waals surface area contributed by atoms with Gasteiger partial charge in [0.15, 0.2) is 11.5 Å². The Morgan fingerprint density at radius 2 is 2.05 bits per heavy atom. The molecule has 1 aliphatic rings. The van der Waals surface area contributed by atoms with Crippen LogP contribution >= 0.6 is 0 Å². The molecule has 1 fully saturated rings. The number of piperidine rings is 1. The number of methoxy groups -OCH3 is 1. The molecule has 0 radical (unpaired) electrons. The molecule has 0 amide bonds. The Hall–Kier alpha value is -1.75. The maximum Gasteiger partial charge on any atom is 0.310 e. The summed E-state index contributed by atoms with van der Waals surface area (Å²) < 4.78 is 10.7. The molecule has 3 N–H and O–H groups in total. The van der Waals surface area contributed by atoms with Gasteiger partial charge in [0.2, 0.25) is 0 Å². The fourth-order valence-electron chi connectivity index (χ4n) is 3.05. The van der Waals surface area contributed by atoms with E-state index < -0.39 is 5.60 Å². The highest BCUT2D eigenvalue weighted by Crippen LogP contribution is 2.29. The highest BCUT2D eigenvalue weighted by molar-refractivity contribution is 5.73. The summed E-state index contributed by atoms with van der Waals surface area (Å²) in [5.74, 6) is 0.584. The standard InChI is InChI=1S/C17H25NO4/c1-17(2,13-6-8-18-9-7-13)22-16(20)11-12-4-5-15(21-3)14(19)10-12/h4-5,10,13,18-19H,6-9,11H2,1-3H3/p+1. The minimum atomic E-state index is -0.445. The van der Waals surface area contributed by atoms with E-state index in [1.165, 1.54) is 7.11 Å². The zero-order chi connectivity index (χ0) is 16.2. The fraction of sp³-hybridized carbons (Fsp3) is 0.588. The largest absolute Gasteiger partial charge is 0.504 e. The van der Waals surface area contributed by atoms with Gasteiger partial charge in [-0.1, -0.05) is 6.07 Å². The van der Waals surface area contributed by atoms with Gasteiger partial charge in [-0.2, -0.15) is 0 Å². The third-order valence-electron chi connectivity index (χ3n) is 4.39. The third kappa shape index (κ3) is 4.13. The Morgan fingerprint density at radius 3 is 2.64 bits per heavy atom. The van der Waals surface area contributed by atoms with E-state index in [0.29, 0.717) is 11.7 Å². The number of hydrogen-bond donors (Lipinski definition) is 2. The summed E-state index contributed by atoms with van der Waals surface area (Å²) in [5, 5.41) is 12.1. The first-order valence-electron chi connectivity index (χ1n) is 7.82. The van der Waals surface area contributed by atoms with Crippen LogP contribution in [-0.2, 0) is 16.0 Å². The van der Waals surface area contributed by atoms with Gasteiger partial charge in [-0.25, -0.2) is 0 Å². The molecule has 1 aliphatic heterocycles. The van der Waals surface area contributed by atoms with E-state index in [9.17, 15) is 9.90 Å². The molecule has 2 rings (SSSR count). The Balaban J connectivity index is 1.95. The van der Waals surface area contributed by atoms with E-state index >= 15 is 0 Å². The summed E-state index contributed by atoms with van der Waals surface area (Å²) in [4.78, 5) is 12.2. The van der Waals surface area contributed by atoms with Crippen LogP contribution in [0.5, 0.6) is 11.5 Å². The van der Waals surface area contributed by atoms with Gasteiger partial charge in [0, 0.05) is 18.8 Å². The first-order chi connectivity index (χ1) is 10.4. The molecule has 5 heteroatoms. The maximum absolute atomic E-state index is 12.2. The lowest BCUT2D eigenvalue weighted by Crippen LogP contribution is -2.86. The summed E-state index contributed by atoms with van der Waals surface area (Å²) >= 11 is 0. The summed E-state index contributed by atoms with van der Waals surface area (Å²) in [6.45, 7) is 6.18. The summed E-state index contributed by atoms with van der Waals surface area (Å²) in [5.41, 5.74) is 0.274. The molecule has 0 unspecified atom stereocenters. The topological polar surface area (TPSA) is 72.4 Å². The highest BCUT2D eigenvalue weighted by Gasteiger charge is 2.35. The Bertz CT molecular complexity index is 521. The molecule has 0 bridgehead atoms. The molecular formula is C17H26NO4+. The number of rotatable bonds is 5.